The van der Waals surface area contributed by atoms with Crippen LogP contribution in [0.3, 0.4) is 0 Å². The topological polar surface area (TPSA) is 15.3 Å². The van der Waals surface area contributed by atoms with Crippen LogP contribution in [-0.2, 0) is 6.42 Å². The average molecular weight is 307 g/mol. The van der Waals surface area contributed by atoms with Gasteiger partial charge < -0.3 is 5.32 Å². The molecule has 0 aliphatic carbocycles. The number of rotatable bonds is 6. The van der Waals surface area contributed by atoms with Crippen molar-refractivity contribution >= 4 is 11.6 Å². The Kier molecular flexibility index (Phi) is 6.75. The van der Waals surface area contributed by atoms with E-state index in [1.54, 1.807) is 5.54 Å². The van der Waals surface area contributed by atoms with Crippen LogP contribution in [0, 0.1) is 5.92 Å². The molecule has 0 aromatic heterocycles. The number of hydrogen-bond donors (Lipinski definition) is 1. The zero-order chi connectivity index (χ0) is 15.1. The fraction of sp³-hybridized carbons (Fsp3) is 0.556. The molecule has 1 saturated heterocycles. The van der Waals surface area contributed by atoms with E-state index >= 15 is 0 Å². The molecule has 116 valence electrons. The molecule has 1 fully saturated rings. The van der Waals surface area contributed by atoms with Crippen LogP contribution >= 0.6 is 11.6 Å². The molecule has 0 spiro atoms. The first kappa shape index (κ1) is 16.5. The molecule has 2 nitrogen and oxygen atoms in total. The van der Waals surface area contributed by atoms with Gasteiger partial charge in [0, 0.05) is 37.3 Å². The Hall–Kier alpha value is -0.830. The van der Waals surface area contributed by atoms with E-state index in [4.69, 9.17) is 11.6 Å². The molecule has 0 bridgehead atoms. The highest BCUT2D eigenvalue weighted by atomic mass is 35.5. The average Bonchev–Trinajstić information content (AvgIpc) is 2.54. The molecular formula is C18H27ClN2. The minimum Gasteiger partial charge on any atom is -0.311 e. The predicted molar refractivity (Wildman–Crippen MR) is 91.7 cm³/mol. The molecule has 0 radical (unpaired) electrons. The maximum atomic E-state index is 5.73. The van der Waals surface area contributed by atoms with Gasteiger partial charge in [0.1, 0.15) is 0 Å². The van der Waals surface area contributed by atoms with E-state index in [0.29, 0.717) is 18.0 Å². The van der Waals surface area contributed by atoms with E-state index in [1.807, 2.05) is 0 Å². The molecule has 0 saturated carbocycles. The third-order valence-electron chi connectivity index (χ3n) is 4.64. The molecule has 1 aromatic rings. The van der Waals surface area contributed by atoms with Crippen molar-refractivity contribution in [3.05, 3.63) is 47.5 Å². The van der Waals surface area contributed by atoms with Crippen molar-refractivity contribution in [2.24, 2.45) is 5.92 Å². The lowest BCUT2D eigenvalue weighted by Crippen LogP contribution is -2.58. The smallest absolute Gasteiger partial charge is 0.0265 e. The van der Waals surface area contributed by atoms with Crippen molar-refractivity contribution in [1.29, 1.82) is 0 Å². The summed E-state index contributed by atoms with van der Waals surface area (Å²) < 4.78 is 0. The van der Waals surface area contributed by atoms with E-state index in [1.165, 1.54) is 12.0 Å². The van der Waals surface area contributed by atoms with Gasteiger partial charge in [-0.05, 0) is 17.9 Å². The Balaban J connectivity index is 2.02. The molecule has 1 aromatic carbocycles. The van der Waals surface area contributed by atoms with E-state index in [9.17, 15) is 0 Å². The van der Waals surface area contributed by atoms with Crippen molar-refractivity contribution in [2.75, 3.05) is 19.6 Å². The third kappa shape index (κ3) is 4.84. The summed E-state index contributed by atoms with van der Waals surface area (Å²) in [5.41, 5.74) is 3.05. The Morgan fingerprint density at radius 2 is 2.14 bits per heavy atom. The van der Waals surface area contributed by atoms with Crippen LogP contribution in [-0.4, -0.2) is 36.6 Å². The van der Waals surface area contributed by atoms with Gasteiger partial charge in [-0.3, -0.25) is 4.90 Å². The number of nitrogens with one attached hydrogen (secondary N) is 1. The third-order valence-corrected chi connectivity index (χ3v) is 4.82. The van der Waals surface area contributed by atoms with Gasteiger partial charge in [0.05, 0.1) is 0 Å². The molecule has 2 rings (SSSR count). The number of halogens is 1. The van der Waals surface area contributed by atoms with Crippen LogP contribution in [0.4, 0.5) is 0 Å². The van der Waals surface area contributed by atoms with E-state index in [0.717, 1.165) is 26.1 Å². The molecule has 3 atom stereocenters. The first-order chi connectivity index (χ1) is 10.2. The lowest BCUT2D eigenvalue weighted by molar-refractivity contribution is 0.121. The van der Waals surface area contributed by atoms with Crippen molar-refractivity contribution in [2.45, 2.75) is 38.8 Å². The molecule has 3 heteroatoms. The number of nitrogens with zero attached hydrogens (tertiary/aromatic N) is 1. The minimum atomic E-state index is 0.542. The largest absolute Gasteiger partial charge is 0.311 e. The lowest BCUT2D eigenvalue weighted by Gasteiger charge is -2.42. The van der Waals surface area contributed by atoms with Gasteiger partial charge >= 0.3 is 0 Å². The normalized spacial score (nSPS) is 25.3. The molecular weight excluding hydrogens is 280 g/mol. The number of benzene rings is 1. The summed E-state index contributed by atoms with van der Waals surface area (Å²) in [5.74, 6) is 0.713. The second-order valence-corrected chi connectivity index (χ2v) is 6.31. The second-order valence-electron chi connectivity index (χ2n) is 6.06. The van der Waals surface area contributed by atoms with Crippen molar-refractivity contribution in [3.63, 3.8) is 0 Å². The fourth-order valence-electron chi connectivity index (χ4n) is 3.03. The SMILES string of the molecule is CCC(C)C1CN(C/C=C/Cl)C(Cc2ccccc2)CN1. The maximum Gasteiger partial charge on any atom is 0.0265 e. The zero-order valence-electron chi connectivity index (χ0n) is 13.1. The van der Waals surface area contributed by atoms with Crippen LogP contribution < -0.4 is 5.32 Å². The highest BCUT2D eigenvalue weighted by Gasteiger charge is 2.29. The fourth-order valence-corrected chi connectivity index (χ4v) is 3.11. The Labute approximate surface area is 134 Å². The van der Waals surface area contributed by atoms with Crippen LogP contribution in [0.2, 0.25) is 0 Å². The summed E-state index contributed by atoms with van der Waals surface area (Å²) in [4.78, 5) is 2.57. The summed E-state index contributed by atoms with van der Waals surface area (Å²) >= 11 is 5.73. The summed E-state index contributed by atoms with van der Waals surface area (Å²) in [6.07, 6.45) is 4.37. The predicted octanol–water partition coefficient (Wildman–Crippen LogP) is 3.67. The van der Waals surface area contributed by atoms with Gasteiger partial charge in [-0.1, -0.05) is 68.3 Å². The minimum absolute atomic E-state index is 0.542. The monoisotopic (exact) mass is 306 g/mol. The quantitative estimate of drug-likeness (QED) is 0.862. The van der Waals surface area contributed by atoms with Gasteiger partial charge in [0.2, 0.25) is 0 Å². The maximum absolute atomic E-state index is 5.73. The Bertz CT molecular complexity index is 432. The summed E-state index contributed by atoms with van der Waals surface area (Å²) in [6, 6.07) is 11.9. The van der Waals surface area contributed by atoms with Crippen LogP contribution in [0.25, 0.3) is 0 Å². The highest BCUT2D eigenvalue weighted by molar-refractivity contribution is 6.25. The van der Waals surface area contributed by atoms with Crippen LogP contribution in [0.1, 0.15) is 25.8 Å². The summed E-state index contributed by atoms with van der Waals surface area (Å²) in [6.45, 7) is 7.71. The van der Waals surface area contributed by atoms with Gasteiger partial charge in [-0.25, -0.2) is 0 Å². The number of piperazine rings is 1. The molecule has 21 heavy (non-hydrogen) atoms. The summed E-state index contributed by atoms with van der Waals surface area (Å²) in [5, 5.41) is 3.75. The van der Waals surface area contributed by atoms with Gasteiger partial charge in [0.25, 0.3) is 0 Å². The van der Waals surface area contributed by atoms with Crippen molar-refractivity contribution < 1.29 is 0 Å². The van der Waals surface area contributed by atoms with Gasteiger partial charge in [-0.2, -0.15) is 0 Å². The summed E-state index contributed by atoms with van der Waals surface area (Å²) in [7, 11) is 0. The molecule has 1 aliphatic heterocycles. The van der Waals surface area contributed by atoms with E-state index in [-0.39, 0.29) is 0 Å². The molecule has 1 aliphatic rings. The Morgan fingerprint density at radius 1 is 1.38 bits per heavy atom. The first-order valence-electron chi connectivity index (χ1n) is 8.01. The standard InChI is InChI=1S/C18H27ClN2/c1-3-15(2)18-14-21(11-7-10-19)17(13-20-18)12-16-8-5-4-6-9-16/h4-10,15,17-18,20H,3,11-14H2,1-2H3/b10-7+. The molecule has 1 N–H and O–H groups in total. The zero-order valence-corrected chi connectivity index (χ0v) is 13.9. The van der Waals surface area contributed by atoms with Gasteiger partial charge in [-0.15, -0.1) is 0 Å². The van der Waals surface area contributed by atoms with Crippen molar-refractivity contribution in [3.8, 4) is 0 Å². The van der Waals surface area contributed by atoms with Crippen LogP contribution in [0.5, 0.6) is 0 Å². The highest BCUT2D eigenvalue weighted by Crippen LogP contribution is 2.18. The van der Waals surface area contributed by atoms with Gasteiger partial charge in [0.15, 0.2) is 0 Å². The van der Waals surface area contributed by atoms with E-state index < -0.39 is 0 Å². The molecule has 0 amide bonds. The second kappa shape index (κ2) is 8.57. The first-order valence-corrected chi connectivity index (χ1v) is 8.44. The molecule has 3 unspecified atom stereocenters. The Morgan fingerprint density at radius 3 is 2.81 bits per heavy atom. The van der Waals surface area contributed by atoms with E-state index in [2.05, 4.69) is 60.5 Å². The van der Waals surface area contributed by atoms with Crippen LogP contribution in [0.15, 0.2) is 41.9 Å². The lowest BCUT2D eigenvalue weighted by atomic mass is 9.93. The van der Waals surface area contributed by atoms with Crippen molar-refractivity contribution in [1.82, 2.24) is 10.2 Å². The number of hydrogen-bond acceptors (Lipinski definition) is 2. The molecule has 1 heterocycles.